The molecule has 0 saturated heterocycles. The molecular weight excluding hydrogens is 321 g/mol. The van der Waals surface area contributed by atoms with Crippen molar-refractivity contribution in [2.45, 2.75) is 23.4 Å². The van der Waals surface area contributed by atoms with Crippen LogP contribution < -0.4 is 0 Å². The maximum atomic E-state index is 13.7. The molecule has 1 aromatic heterocycles. The Bertz CT molecular complexity index is 645. The topological polar surface area (TPSA) is 50.2 Å². The van der Waals surface area contributed by atoms with Gasteiger partial charge in [0.05, 0.1) is 17.1 Å². The number of aromatic nitrogens is 1. The Morgan fingerprint density at radius 1 is 1.55 bits per heavy atom. The molecule has 2 aromatic rings. The number of carboxylic acids is 1. The van der Waals surface area contributed by atoms with E-state index in [0.29, 0.717) is 17.0 Å². The highest BCUT2D eigenvalue weighted by Crippen LogP contribution is 2.31. The van der Waals surface area contributed by atoms with E-state index in [1.54, 1.807) is 19.1 Å². The minimum Gasteiger partial charge on any atom is -0.481 e. The lowest BCUT2D eigenvalue weighted by molar-refractivity contribution is -0.136. The van der Waals surface area contributed by atoms with Crippen molar-refractivity contribution in [1.29, 1.82) is 0 Å². The highest BCUT2D eigenvalue weighted by atomic mass is 35.5. The van der Waals surface area contributed by atoms with Gasteiger partial charge in [0.25, 0.3) is 0 Å². The first kappa shape index (κ1) is 15.3. The Morgan fingerprint density at radius 3 is 3.00 bits per heavy atom. The largest absolute Gasteiger partial charge is 0.481 e. The maximum Gasteiger partial charge on any atom is 0.308 e. The molecule has 7 heteroatoms. The van der Waals surface area contributed by atoms with Gasteiger partial charge in [0.15, 0.2) is 4.34 Å². The van der Waals surface area contributed by atoms with E-state index in [1.807, 2.05) is 0 Å². The number of hydrogen-bond acceptors (Lipinski definition) is 4. The first-order valence-corrected chi connectivity index (χ1v) is 7.89. The normalized spacial score (nSPS) is 10.8. The summed E-state index contributed by atoms with van der Waals surface area (Å²) in [5.74, 6) is -0.888. The second kappa shape index (κ2) is 6.56. The van der Waals surface area contributed by atoms with Gasteiger partial charge in [-0.15, -0.1) is 11.3 Å². The van der Waals surface area contributed by atoms with Crippen LogP contribution in [0.1, 0.15) is 16.1 Å². The van der Waals surface area contributed by atoms with Crippen LogP contribution >= 0.6 is 34.7 Å². The predicted octanol–water partition coefficient (Wildman–Crippen LogP) is 4.16. The summed E-state index contributed by atoms with van der Waals surface area (Å²) in [6.45, 7) is 1.78. The van der Waals surface area contributed by atoms with Gasteiger partial charge < -0.3 is 5.11 Å². The Labute approximate surface area is 128 Å². The van der Waals surface area contributed by atoms with Crippen LogP contribution in [0.3, 0.4) is 0 Å². The Hall–Kier alpha value is -1.11. The molecular formula is C13H11ClFNO2S2. The summed E-state index contributed by atoms with van der Waals surface area (Å²) in [6, 6.07) is 4.88. The first-order chi connectivity index (χ1) is 9.47. The van der Waals surface area contributed by atoms with Crippen LogP contribution in [0.25, 0.3) is 0 Å². The van der Waals surface area contributed by atoms with Crippen molar-refractivity contribution in [3.05, 3.63) is 45.2 Å². The highest BCUT2D eigenvalue weighted by Gasteiger charge is 2.13. The molecule has 0 saturated carbocycles. The zero-order valence-corrected chi connectivity index (χ0v) is 12.9. The molecule has 0 aliphatic carbocycles. The minimum atomic E-state index is -0.880. The number of halogens is 2. The van der Waals surface area contributed by atoms with Crippen LogP contribution in [0.4, 0.5) is 4.39 Å². The maximum absolute atomic E-state index is 13.7. The molecule has 0 radical (unpaired) electrons. The fourth-order valence-electron chi connectivity index (χ4n) is 1.56. The summed E-state index contributed by atoms with van der Waals surface area (Å²) in [5, 5.41) is 8.89. The third-order valence-electron chi connectivity index (χ3n) is 2.57. The highest BCUT2D eigenvalue weighted by molar-refractivity contribution is 8.00. The first-order valence-electron chi connectivity index (χ1n) is 5.71. The lowest BCUT2D eigenvalue weighted by Crippen LogP contribution is -1.99. The number of rotatable bonds is 5. The molecule has 106 valence electrons. The van der Waals surface area contributed by atoms with E-state index < -0.39 is 11.8 Å². The molecule has 1 heterocycles. The van der Waals surface area contributed by atoms with Gasteiger partial charge in [-0.2, -0.15) is 0 Å². The third kappa shape index (κ3) is 3.71. The van der Waals surface area contributed by atoms with E-state index in [4.69, 9.17) is 16.7 Å². The molecule has 1 aromatic carbocycles. The van der Waals surface area contributed by atoms with Crippen molar-refractivity contribution in [2.75, 3.05) is 0 Å². The zero-order valence-electron chi connectivity index (χ0n) is 10.5. The SMILES string of the molecule is Cc1nc(SCc2cccc(Cl)c2F)sc1CC(=O)O. The smallest absolute Gasteiger partial charge is 0.308 e. The van der Waals surface area contributed by atoms with Gasteiger partial charge in [-0.05, 0) is 18.6 Å². The van der Waals surface area contributed by atoms with Crippen molar-refractivity contribution in [2.24, 2.45) is 0 Å². The van der Waals surface area contributed by atoms with Crippen molar-refractivity contribution in [3.63, 3.8) is 0 Å². The average molecular weight is 332 g/mol. The van der Waals surface area contributed by atoms with Crippen LogP contribution in [-0.4, -0.2) is 16.1 Å². The second-order valence-corrected chi connectivity index (χ2v) is 6.77. The van der Waals surface area contributed by atoms with Crippen LogP contribution in [0.15, 0.2) is 22.5 Å². The van der Waals surface area contributed by atoms with Gasteiger partial charge in [-0.1, -0.05) is 35.5 Å². The number of carboxylic acid groups (broad SMARTS) is 1. The number of hydrogen-bond donors (Lipinski definition) is 1. The number of thioether (sulfide) groups is 1. The van der Waals surface area contributed by atoms with Crippen LogP contribution in [0.2, 0.25) is 5.02 Å². The van der Waals surface area contributed by atoms with E-state index in [9.17, 15) is 9.18 Å². The molecule has 0 amide bonds. The number of carbonyl (C=O) groups is 1. The fourth-order valence-corrected chi connectivity index (χ4v) is 3.96. The zero-order chi connectivity index (χ0) is 14.7. The van der Waals surface area contributed by atoms with E-state index in [0.717, 1.165) is 9.22 Å². The monoisotopic (exact) mass is 331 g/mol. The minimum absolute atomic E-state index is 0.0322. The van der Waals surface area contributed by atoms with E-state index >= 15 is 0 Å². The molecule has 0 atom stereocenters. The molecule has 20 heavy (non-hydrogen) atoms. The molecule has 0 aliphatic rings. The molecule has 0 spiro atoms. The fraction of sp³-hybridized carbons (Fsp3) is 0.231. The lowest BCUT2D eigenvalue weighted by atomic mass is 10.2. The average Bonchev–Trinajstić information content (AvgIpc) is 2.71. The molecule has 0 fully saturated rings. The standard InChI is InChI=1S/C13H11ClFNO2S2/c1-7-10(5-11(17)18)20-13(16-7)19-6-8-3-2-4-9(14)12(8)15/h2-4H,5-6H2,1H3,(H,17,18). The summed E-state index contributed by atoms with van der Waals surface area (Å²) in [7, 11) is 0. The second-order valence-electron chi connectivity index (χ2n) is 4.06. The number of nitrogens with zero attached hydrogens (tertiary/aromatic N) is 1. The third-order valence-corrected chi connectivity index (χ3v) is 5.21. The van der Waals surface area contributed by atoms with Crippen LogP contribution in [0, 0.1) is 12.7 Å². The summed E-state index contributed by atoms with van der Waals surface area (Å²) in [6.07, 6.45) is -0.0322. The quantitative estimate of drug-likeness (QED) is 0.836. The number of aliphatic carboxylic acids is 1. The summed E-state index contributed by atoms with van der Waals surface area (Å²) >= 11 is 8.43. The summed E-state index contributed by atoms with van der Waals surface area (Å²) in [4.78, 5) is 15.7. The van der Waals surface area contributed by atoms with Crippen molar-refractivity contribution in [1.82, 2.24) is 4.98 Å². The van der Waals surface area contributed by atoms with Gasteiger partial charge in [-0.3, -0.25) is 4.79 Å². The van der Waals surface area contributed by atoms with Gasteiger partial charge in [0.1, 0.15) is 5.82 Å². The van der Waals surface area contributed by atoms with Crippen molar-refractivity contribution < 1.29 is 14.3 Å². The van der Waals surface area contributed by atoms with Crippen LogP contribution in [-0.2, 0) is 17.0 Å². The molecule has 0 aliphatic heterocycles. The number of aryl methyl sites for hydroxylation is 1. The Balaban J connectivity index is 2.07. The van der Waals surface area contributed by atoms with Gasteiger partial charge in [0, 0.05) is 10.6 Å². The molecule has 0 bridgehead atoms. The number of benzene rings is 1. The summed E-state index contributed by atoms with van der Waals surface area (Å²) < 4.78 is 14.5. The van der Waals surface area contributed by atoms with Gasteiger partial charge in [0.2, 0.25) is 0 Å². The van der Waals surface area contributed by atoms with Gasteiger partial charge in [-0.25, -0.2) is 9.37 Å². The van der Waals surface area contributed by atoms with E-state index in [1.165, 1.54) is 29.2 Å². The molecule has 1 N–H and O–H groups in total. The van der Waals surface area contributed by atoms with Gasteiger partial charge >= 0.3 is 5.97 Å². The van der Waals surface area contributed by atoms with E-state index in [-0.39, 0.29) is 11.4 Å². The summed E-state index contributed by atoms with van der Waals surface area (Å²) in [5.41, 5.74) is 1.22. The van der Waals surface area contributed by atoms with Crippen LogP contribution in [0.5, 0.6) is 0 Å². The Kier molecular flexibility index (Phi) is 5.01. The lowest BCUT2D eigenvalue weighted by Gasteiger charge is -2.02. The molecule has 0 unspecified atom stereocenters. The predicted molar refractivity (Wildman–Crippen MR) is 79.2 cm³/mol. The Morgan fingerprint density at radius 2 is 2.30 bits per heavy atom. The van der Waals surface area contributed by atoms with Crippen molar-refractivity contribution in [3.8, 4) is 0 Å². The molecule has 2 rings (SSSR count). The number of thiazole rings is 1. The molecule has 3 nitrogen and oxygen atoms in total. The van der Waals surface area contributed by atoms with E-state index in [2.05, 4.69) is 4.98 Å². The van der Waals surface area contributed by atoms with Crippen molar-refractivity contribution >= 4 is 40.7 Å².